The Morgan fingerprint density at radius 1 is 1.03 bits per heavy atom. The minimum absolute atomic E-state index is 0.106. The second-order valence-electron chi connectivity index (χ2n) is 6.40. The molecule has 2 N–H and O–H groups in total. The van der Waals surface area contributed by atoms with Gasteiger partial charge in [0.15, 0.2) is 18.1 Å². The van der Waals surface area contributed by atoms with E-state index in [1.165, 1.54) is 6.07 Å². The molecule has 0 spiro atoms. The number of rotatable bonds is 7. The largest absolute Gasteiger partial charge is 0.454 e. The molecule has 2 amide bonds. The van der Waals surface area contributed by atoms with Crippen molar-refractivity contribution < 1.29 is 28.6 Å². The van der Waals surface area contributed by atoms with Gasteiger partial charge in [-0.15, -0.1) is 0 Å². The summed E-state index contributed by atoms with van der Waals surface area (Å²) in [5.74, 6) is -0.639. The highest BCUT2D eigenvalue weighted by Gasteiger charge is 2.17. The first-order chi connectivity index (χ1) is 13.9. The summed E-state index contributed by atoms with van der Waals surface area (Å²) in [7, 11) is 3.83. The first kappa shape index (κ1) is 20.0. The van der Waals surface area contributed by atoms with Crippen LogP contribution < -0.4 is 25.0 Å². The first-order valence-corrected chi connectivity index (χ1v) is 8.83. The van der Waals surface area contributed by atoms with E-state index in [0.29, 0.717) is 22.7 Å². The van der Waals surface area contributed by atoms with Crippen molar-refractivity contribution >= 4 is 29.2 Å². The maximum Gasteiger partial charge on any atom is 0.325 e. The highest BCUT2D eigenvalue weighted by molar-refractivity contribution is 5.97. The predicted molar refractivity (Wildman–Crippen MR) is 105 cm³/mol. The molecule has 152 valence electrons. The number of ether oxygens (including phenoxy) is 3. The molecule has 1 heterocycles. The fourth-order valence-electron chi connectivity index (χ4n) is 2.53. The second kappa shape index (κ2) is 8.96. The molecule has 0 bridgehead atoms. The van der Waals surface area contributed by atoms with E-state index in [1.54, 1.807) is 24.3 Å². The van der Waals surface area contributed by atoms with Crippen molar-refractivity contribution in [3.63, 3.8) is 0 Å². The van der Waals surface area contributed by atoms with E-state index >= 15 is 0 Å². The van der Waals surface area contributed by atoms with Crippen LogP contribution in [0.4, 0.5) is 11.4 Å². The van der Waals surface area contributed by atoms with Gasteiger partial charge in [-0.2, -0.15) is 0 Å². The van der Waals surface area contributed by atoms with Crippen molar-refractivity contribution in [1.82, 2.24) is 5.32 Å². The van der Waals surface area contributed by atoms with Crippen molar-refractivity contribution in [3.8, 4) is 11.5 Å². The highest BCUT2D eigenvalue weighted by atomic mass is 16.7. The van der Waals surface area contributed by atoms with E-state index < -0.39 is 24.4 Å². The fourth-order valence-corrected chi connectivity index (χ4v) is 2.53. The van der Waals surface area contributed by atoms with Crippen LogP contribution in [0.15, 0.2) is 42.5 Å². The zero-order chi connectivity index (χ0) is 20.8. The lowest BCUT2D eigenvalue weighted by atomic mass is 10.2. The van der Waals surface area contributed by atoms with Crippen molar-refractivity contribution in [3.05, 3.63) is 48.0 Å². The zero-order valence-corrected chi connectivity index (χ0v) is 16.1. The molecule has 3 rings (SSSR count). The van der Waals surface area contributed by atoms with Crippen LogP contribution in [0, 0.1) is 0 Å². The van der Waals surface area contributed by atoms with E-state index in [2.05, 4.69) is 10.6 Å². The molecule has 0 atom stereocenters. The average Bonchev–Trinajstić information content (AvgIpc) is 3.18. The topological polar surface area (TPSA) is 106 Å². The number of carbonyl (C=O) groups excluding carboxylic acids is 3. The first-order valence-electron chi connectivity index (χ1n) is 8.83. The van der Waals surface area contributed by atoms with Crippen LogP contribution in [0.25, 0.3) is 0 Å². The molecule has 1 aliphatic heterocycles. The van der Waals surface area contributed by atoms with Gasteiger partial charge in [0.25, 0.3) is 11.8 Å². The van der Waals surface area contributed by atoms with E-state index in [9.17, 15) is 14.4 Å². The minimum Gasteiger partial charge on any atom is -0.454 e. The lowest BCUT2D eigenvalue weighted by Gasteiger charge is -2.13. The number of amides is 2. The Kier molecular flexibility index (Phi) is 6.18. The maximum absolute atomic E-state index is 12.1. The number of benzene rings is 2. The quantitative estimate of drug-likeness (QED) is 0.678. The molecule has 0 saturated heterocycles. The zero-order valence-electron chi connectivity index (χ0n) is 16.1. The van der Waals surface area contributed by atoms with Gasteiger partial charge in [-0.1, -0.05) is 0 Å². The number of nitrogens with zero attached hydrogens (tertiary/aromatic N) is 1. The molecule has 0 saturated carbocycles. The standard InChI is InChI=1S/C20H21N3O6/c1-23(2)15-6-4-14(5-7-15)22-18(24)11-27-19(25)10-21-20(26)13-3-8-16-17(9-13)29-12-28-16/h3-9H,10-12H2,1-2H3,(H,21,26)(H,22,24). The summed E-state index contributed by atoms with van der Waals surface area (Å²) in [5, 5.41) is 5.06. The smallest absolute Gasteiger partial charge is 0.325 e. The third-order valence-electron chi connectivity index (χ3n) is 4.06. The molecule has 0 aliphatic carbocycles. The lowest BCUT2D eigenvalue weighted by molar-refractivity contribution is -0.146. The Labute approximate surface area is 167 Å². The van der Waals surface area contributed by atoms with Crippen LogP contribution in [-0.4, -0.2) is 51.8 Å². The van der Waals surface area contributed by atoms with Crippen LogP contribution in [0.2, 0.25) is 0 Å². The third-order valence-corrected chi connectivity index (χ3v) is 4.06. The van der Waals surface area contributed by atoms with Gasteiger partial charge >= 0.3 is 5.97 Å². The number of nitrogens with one attached hydrogen (secondary N) is 2. The van der Waals surface area contributed by atoms with Gasteiger partial charge in [0, 0.05) is 31.0 Å². The molecular weight excluding hydrogens is 378 g/mol. The van der Waals surface area contributed by atoms with Crippen molar-refractivity contribution in [1.29, 1.82) is 0 Å². The van der Waals surface area contributed by atoms with E-state index in [0.717, 1.165) is 5.69 Å². The molecule has 2 aromatic rings. The number of hydrogen-bond acceptors (Lipinski definition) is 7. The molecule has 0 unspecified atom stereocenters. The van der Waals surface area contributed by atoms with E-state index in [-0.39, 0.29) is 13.3 Å². The summed E-state index contributed by atoms with van der Waals surface area (Å²) >= 11 is 0. The van der Waals surface area contributed by atoms with Crippen LogP contribution in [0.5, 0.6) is 11.5 Å². The lowest BCUT2D eigenvalue weighted by Crippen LogP contribution is -2.32. The van der Waals surface area contributed by atoms with Gasteiger partial charge in [-0.25, -0.2) is 0 Å². The number of anilines is 2. The Bertz CT molecular complexity index is 911. The Hall–Kier alpha value is -3.75. The number of carbonyl (C=O) groups is 3. The summed E-state index contributed by atoms with van der Waals surface area (Å²) in [6.45, 7) is -0.708. The molecule has 0 fully saturated rings. The van der Waals surface area contributed by atoms with Gasteiger partial charge in [0.05, 0.1) is 0 Å². The summed E-state index contributed by atoms with van der Waals surface area (Å²) < 4.78 is 15.3. The summed E-state index contributed by atoms with van der Waals surface area (Å²) in [4.78, 5) is 37.7. The van der Waals surface area contributed by atoms with Crippen LogP contribution in [0.3, 0.4) is 0 Å². The van der Waals surface area contributed by atoms with E-state index in [1.807, 2.05) is 31.1 Å². The molecule has 2 aromatic carbocycles. The SMILES string of the molecule is CN(C)c1ccc(NC(=O)COC(=O)CNC(=O)c2ccc3c(c2)OCO3)cc1. The summed E-state index contributed by atoms with van der Waals surface area (Å²) in [6, 6.07) is 11.9. The highest BCUT2D eigenvalue weighted by Crippen LogP contribution is 2.32. The summed E-state index contributed by atoms with van der Waals surface area (Å²) in [6.07, 6.45) is 0. The molecule has 9 nitrogen and oxygen atoms in total. The predicted octanol–water partition coefficient (Wildman–Crippen LogP) is 1.39. The Balaban J connectivity index is 1.40. The second-order valence-corrected chi connectivity index (χ2v) is 6.40. The third kappa shape index (κ3) is 5.38. The van der Waals surface area contributed by atoms with E-state index in [4.69, 9.17) is 14.2 Å². The number of hydrogen-bond donors (Lipinski definition) is 2. The van der Waals surface area contributed by atoms with Gasteiger partial charge in [-0.3, -0.25) is 14.4 Å². The average molecular weight is 399 g/mol. The molecule has 9 heteroatoms. The van der Waals surface area contributed by atoms with Gasteiger partial charge in [0.2, 0.25) is 6.79 Å². The van der Waals surface area contributed by atoms with Crippen LogP contribution in [-0.2, 0) is 14.3 Å². The maximum atomic E-state index is 12.1. The normalized spacial score (nSPS) is 11.5. The van der Waals surface area contributed by atoms with Gasteiger partial charge in [-0.05, 0) is 42.5 Å². The number of esters is 1. The van der Waals surface area contributed by atoms with Gasteiger partial charge < -0.3 is 29.7 Å². The van der Waals surface area contributed by atoms with Crippen molar-refractivity contribution in [2.45, 2.75) is 0 Å². The van der Waals surface area contributed by atoms with Crippen molar-refractivity contribution in [2.24, 2.45) is 0 Å². The molecule has 0 aromatic heterocycles. The van der Waals surface area contributed by atoms with Crippen LogP contribution >= 0.6 is 0 Å². The van der Waals surface area contributed by atoms with Crippen molar-refractivity contribution in [2.75, 3.05) is 44.3 Å². The van der Waals surface area contributed by atoms with Crippen LogP contribution in [0.1, 0.15) is 10.4 Å². The van der Waals surface area contributed by atoms with Gasteiger partial charge in [0.1, 0.15) is 6.54 Å². The summed E-state index contributed by atoms with van der Waals surface area (Å²) in [5.41, 5.74) is 1.90. The Morgan fingerprint density at radius 3 is 2.48 bits per heavy atom. The fraction of sp³-hybridized carbons (Fsp3) is 0.250. The number of fused-ring (bicyclic) bond motifs is 1. The molecule has 1 aliphatic rings. The minimum atomic E-state index is -0.725. The molecular formula is C20H21N3O6. The monoisotopic (exact) mass is 399 g/mol. The molecule has 29 heavy (non-hydrogen) atoms. The Morgan fingerprint density at radius 2 is 1.76 bits per heavy atom. The molecule has 0 radical (unpaired) electrons.